The summed E-state index contributed by atoms with van der Waals surface area (Å²) in [7, 11) is 5.42. The van der Waals surface area contributed by atoms with E-state index >= 15 is 0 Å². The van der Waals surface area contributed by atoms with E-state index in [1.165, 1.54) is 16.7 Å². The van der Waals surface area contributed by atoms with Gasteiger partial charge in [0.1, 0.15) is 0 Å². The van der Waals surface area contributed by atoms with Crippen molar-refractivity contribution in [2.45, 2.75) is 25.8 Å². The minimum absolute atomic E-state index is 0.199. The molecule has 0 fully saturated rings. The fourth-order valence-corrected chi connectivity index (χ4v) is 4.35. The minimum Gasteiger partial charge on any atom is -0.504 e. The number of nitrogens with zero attached hydrogens (tertiary/aromatic N) is 1. The molecule has 26 heavy (non-hydrogen) atoms. The van der Waals surface area contributed by atoms with Crippen LogP contribution in [0.3, 0.4) is 0 Å². The van der Waals surface area contributed by atoms with Gasteiger partial charge in [-0.2, -0.15) is 0 Å². The van der Waals surface area contributed by atoms with Crippen molar-refractivity contribution in [2.24, 2.45) is 0 Å². The van der Waals surface area contributed by atoms with E-state index in [1.54, 1.807) is 14.2 Å². The Hall–Kier alpha value is -2.40. The number of phenolic OH excluding ortho intramolecular Hbond substituents is 1. The number of fused-ring (bicyclic) bond motifs is 2. The maximum Gasteiger partial charge on any atom is 0.168 e. The summed E-state index contributed by atoms with van der Waals surface area (Å²) >= 11 is 0. The van der Waals surface area contributed by atoms with Gasteiger partial charge in [0.25, 0.3) is 0 Å². The van der Waals surface area contributed by atoms with Crippen molar-refractivity contribution in [3.63, 3.8) is 0 Å². The van der Waals surface area contributed by atoms with Gasteiger partial charge in [0.2, 0.25) is 0 Å². The first-order chi connectivity index (χ1) is 12.6. The van der Waals surface area contributed by atoms with E-state index < -0.39 is 0 Å². The summed E-state index contributed by atoms with van der Waals surface area (Å²) < 4.78 is 17.0. The lowest BCUT2D eigenvalue weighted by Crippen LogP contribution is -2.35. The third-order valence-electron chi connectivity index (χ3n) is 5.56. The van der Waals surface area contributed by atoms with Crippen molar-refractivity contribution in [1.82, 2.24) is 4.90 Å². The summed E-state index contributed by atoms with van der Waals surface area (Å²) in [4.78, 5) is 2.38. The van der Waals surface area contributed by atoms with Crippen molar-refractivity contribution >= 4 is 0 Å². The molecule has 2 aromatic rings. The monoisotopic (exact) mass is 355 g/mol. The molecule has 0 unspecified atom stereocenters. The molecule has 1 atom stereocenters. The lowest BCUT2D eigenvalue weighted by molar-refractivity contribution is 0.226. The summed E-state index contributed by atoms with van der Waals surface area (Å²) in [5, 5.41) is 10.6. The molecule has 5 nitrogen and oxygen atoms in total. The lowest BCUT2D eigenvalue weighted by Gasteiger charge is -2.40. The highest BCUT2D eigenvalue weighted by atomic mass is 16.5. The number of hydrogen-bond donors (Lipinski definition) is 1. The molecule has 0 amide bonds. The first-order valence-corrected chi connectivity index (χ1v) is 9.06. The van der Waals surface area contributed by atoms with Crippen LogP contribution in [-0.2, 0) is 12.8 Å². The van der Waals surface area contributed by atoms with Gasteiger partial charge in [-0.05, 0) is 67.3 Å². The van der Waals surface area contributed by atoms with Crippen LogP contribution in [0.5, 0.6) is 23.0 Å². The Morgan fingerprint density at radius 2 is 1.92 bits per heavy atom. The van der Waals surface area contributed by atoms with Gasteiger partial charge in [-0.3, -0.25) is 4.90 Å². The highest BCUT2D eigenvalue weighted by molar-refractivity contribution is 5.84. The minimum atomic E-state index is 0.199. The van der Waals surface area contributed by atoms with E-state index in [4.69, 9.17) is 14.2 Å². The second-order valence-electron chi connectivity index (χ2n) is 6.92. The van der Waals surface area contributed by atoms with Crippen molar-refractivity contribution in [2.75, 3.05) is 34.4 Å². The molecule has 4 rings (SSSR count). The molecule has 0 aromatic heterocycles. The quantitative estimate of drug-likeness (QED) is 0.909. The van der Waals surface area contributed by atoms with Crippen LogP contribution in [0.25, 0.3) is 11.1 Å². The number of hydrogen-bond acceptors (Lipinski definition) is 5. The molecule has 0 saturated heterocycles. The molecule has 1 aliphatic heterocycles. The van der Waals surface area contributed by atoms with Crippen LogP contribution in [-0.4, -0.2) is 44.4 Å². The fraction of sp³-hybridized carbons (Fsp3) is 0.429. The number of likely N-dealkylation sites (N-methyl/N-ethyl adjacent to an activating group) is 1. The molecular weight excluding hydrogens is 330 g/mol. The van der Waals surface area contributed by atoms with Crippen LogP contribution in [0, 0.1) is 0 Å². The van der Waals surface area contributed by atoms with Crippen LogP contribution in [0.2, 0.25) is 0 Å². The lowest BCUT2D eigenvalue weighted by atomic mass is 9.76. The third-order valence-corrected chi connectivity index (χ3v) is 5.56. The van der Waals surface area contributed by atoms with Gasteiger partial charge < -0.3 is 19.3 Å². The van der Waals surface area contributed by atoms with Crippen LogP contribution in [0.15, 0.2) is 18.2 Å². The molecule has 138 valence electrons. The van der Waals surface area contributed by atoms with Crippen LogP contribution < -0.4 is 14.2 Å². The molecule has 0 spiro atoms. The Morgan fingerprint density at radius 1 is 1.12 bits per heavy atom. The van der Waals surface area contributed by atoms with Crippen molar-refractivity contribution in [1.29, 1.82) is 0 Å². The molecule has 1 aliphatic carbocycles. The highest BCUT2D eigenvalue weighted by Gasteiger charge is 2.36. The van der Waals surface area contributed by atoms with Crippen molar-refractivity contribution in [3.8, 4) is 34.1 Å². The van der Waals surface area contributed by atoms with Gasteiger partial charge in [0, 0.05) is 18.2 Å². The first-order valence-electron chi connectivity index (χ1n) is 9.06. The average Bonchev–Trinajstić information content (AvgIpc) is 2.64. The molecule has 0 radical (unpaired) electrons. The zero-order chi connectivity index (χ0) is 18.4. The fourth-order valence-electron chi connectivity index (χ4n) is 4.35. The molecular formula is C21H25NO4. The van der Waals surface area contributed by atoms with Crippen LogP contribution >= 0.6 is 0 Å². The Balaban J connectivity index is 2.02. The molecule has 5 heteroatoms. The predicted molar refractivity (Wildman–Crippen MR) is 101 cm³/mol. The van der Waals surface area contributed by atoms with E-state index in [0.29, 0.717) is 18.1 Å². The largest absolute Gasteiger partial charge is 0.504 e. The van der Waals surface area contributed by atoms with Gasteiger partial charge in [-0.1, -0.05) is 0 Å². The second-order valence-corrected chi connectivity index (χ2v) is 6.92. The predicted octanol–water partition coefficient (Wildman–Crippen LogP) is 3.56. The van der Waals surface area contributed by atoms with Gasteiger partial charge >= 0.3 is 0 Å². The van der Waals surface area contributed by atoms with E-state index in [1.807, 2.05) is 19.1 Å². The summed E-state index contributed by atoms with van der Waals surface area (Å²) in [5.74, 6) is 2.20. The van der Waals surface area contributed by atoms with E-state index in [0.717, 1.165) is 36.3 Å². The van der Waals surface area contributed by atoms with E-state index in [2.05, 4.69) is 18.0 Å². The normalized spacial score (nSPS) is 18.1. The van der Waals surface area contributed by atoms with Gasteiger partial charge in [-0.15, -0.1) is 0 Å². The maximum absolute atomic E-state index is 10.6. The smallest absolute Gasteiger partial charge is 0.168 e. The molecule has 2 aromatic carbocycles. The summed E-state index contributed by atoms with van der Waals surface area (Å²) in [6.07, 6.45) is 1.83. The SMILES string of the molecule is CCOc1cc2c(cc1OC)-c1c(OC)c(O)cc3c1[C@@H](C2)N(C)CC3. The van der Waals surface area contributed by atoms with Gasteiger partial charge in [0.05, 0.1) is 20.8 Å². The molecule has 0 bridgehead atoms. The molecule has 0 saturated carbocycles. The molecule has 1 heterocycles. The van der Waals surface area contributed by atoms with Gasteiger partial charge in [-0.25, -0.2) is 0 Å². The summed E-state index contributed by atoms with van der Waals surface area (Å²) in [6.45, 7) is 3.53. The third kappa shape index (κ3) is 2.42. The number of ether oxygens (including phenoxy) is 3. The second kappa shape index (κ2) is 6.40. The van der Waals surface area contributed by atoms with Crippen LogP contribution in [0.4, 0.5) is 0 Å². The number of aromatic hydroxyl groups is 1. The zero-order valence-electron chi connectivity index (χ0n) is 15.8. The average molecular weight is 355 g/mol. The molecule has 1 N–H and O–H groups in total. The van der Waals surface area contributed by atoms with Gasteiger partial charge in [0.15, 0.2) is 23.0 Å². The topological polar surface area (TPSA) is 51.2 Å². The maximum atomic E-state index is 10.6. The number of rotatable bonds is 4. The Labute approximate surface area is 154 Å². The van der Waals surface area contributed by atoms with E-state index in [9.17, 15) is 5.11 Å². The number of phenols is 1. The Kier molecular flexibility index (Phi) is 4.19. The summed E-state index contributed by atoms with van der Waals surface area (Å²) in [5.41, 5.74) is 5.71. The standard InChI is InChI=1S/C21H25NO4/c1-5-26-18-10-13-8-15-19-12(6-7-22(15)2)9-16(23)21(25-4)20(19)14(13)11-17(18)24-3/h9-11,15,23H,5-8H2,1-4H3/t15-/m1/s1. The Bertz CT molecular complexity index is 862. The highest BCUT2D eigenvalue weighted by Crippen LogP contribution is 2.53. The van der Waals surface area contributed by atoms with E-state index in [-0.39, 0.29) is 11.8 Å². The first kappa shape index (κ1) is 17.0. The zero-order valence-corrected chi connectivity index (χ0v) is 15.8. The Morgan fingerprint density at radius 3 is 2.62 bits per heavy atom. The van der Waals surface area contributed by atoms with Crippen LogP contribution in [0.1, 0.15) is 29.7 Å². The van der Waals surface area contributed by atoms with Crippen molar-refractivity contribution in [3.05, 3.63) is 34.9 Å². The molecule has 2 aliphatic rings. The number of methoxy groups -OCH3 is 2. The summed E-state index contributed by atoms with van der Waals surface area (Å²) in [6, 6.07) is 6.24. The number of benzene rings is 2. The van der Waals surface area contributed by atoms with Crippen molar-refractivity contribution < 1.29 is 19.3 Å².